The highest BCUT2D eigenvalue weighted by Crippen LogP contribution is 2.25. The van der Waals surface area contributed by atoms with Crippen molar-refractivity contribution in [2.45, 2.75) is 19.2 Å². The second-order valence-electron chi connectivity index (χ2n) is 3.14. The Morgan fingerprint density at radius 1 is 1.19 bits per heavy atom. The van der Waals surface area contributed by atoms with Gasteiger partial charge in [-0.25, -0.2) is 4.39 Å². The Bertz CT molecular complexity index is 351. The summed E-state index contributed by atoms with van der Waals surface area (Å²) in [5, 5.41) is 0.707. The molecule has 0 saturated heterocycles. The van der Waals surface area contributed by atoms with E-state index in [1.165, 1.54) is 12.1 Å². The summed E-state index contributed by atoms with van der Waals surface area (Å²) >= 11 is 3.19. The molecular weight excluding hydrogens is 292 g/mol. The third-order valence-electron chi connectivity index (χ3n) is 1.76. The summed E-state index contributed by atoms with van der Waals surface area (Å²) < 4.78 is 52.3. The second-order valence-corrected chi connectivity index (χ2v) is 3.93. The van der Waals surface area contributed by atoms with Gasteiger partial charge in [0.15, 0.2) is 0 Å². The van der Waals surface area contributed by atoms with Crippen LogP contribution in [0.15, 0.2) is 18.2 Å². The van der Waals surface area contributed by atoms with E-state index in [9.17, 15) is 17.6 Å². The maximum absolute atomic E-state index is 13.0. The number of halogens is 5. The van der Waals surface area contributed by atoms with E-state index < -0.39 is 17.9 Å². The van der Waals surface area contributed by atoms with E-state index in [0.717, 1.165) is 6.42 Å². The van der Waals surface area contributed by atoms with Crippen LogP contribution in [0.2, 0.25) is 0 Å². The van der Waals surface area contributed by atoms with Gasteiger partial charge in [-0.1, -0.05) is 15.9 Å². The summed E-state index contributed by atoms with van der Waals surface area (Å²) in [6.45, 7) is 0. The highest BCUT2D eigenvalue weighted by atomic mass is 79.9. The molecule has 0 aliphatic carbocycles. The van der Waals surface area contributed by atoms with Crippen molar-refractivity contribution in [3.8, 4) is 5.75 Å². The molecule has 1 rings (SSSR count). The monoisotopic (exact) mass is 300 g/mol. The van der Waals surface area contributed by atoms with Gasteiger partial charge in [0.2, 0.25) is 0 Å². The van der Waals surface area contributed by atoms with Crippen LogP contribution < -0.4 is 4.74 Å². The molecule has 0 N–H and O–H groups in total. The molecule has 1 aromatic rings. The molecule has 0 aliphatic heterocycles. The molecule has 0 bridgehead atoms. The quantitative estimate of drug-likeness (QED) is 0.602. The van der Waals surface area contributed by atoms with Gasteiger partial charge < -0.3 is 4.74 Å². The molecule has 6 heteroatoms. The summed E-state index contributed by atoms with van der Waals surface area (Å²) in [6, 6.07) is 3.11. The molecule has 0 saturated carbocycles. The molecule has 0 heterocycles. The molecule has 90 valence electrons. The number of rotatable bonds is 4. The minimum atomic E-state index is -4.79. The molecule has 0 unspecified atom stereocenters. The Labute approximate surface area is 98.5 Å². The SMILES string of the molecule is Fc1cc(CCCBr)cc(OC(F)(F)F)c1. The van der Waals surface area contributed by atoms with Gasteiger partial charge in [-0.15, -0.1) is 13.2 Å². The van der Waals surface area contributed by atoms with Crippen LogP contribution in [0.5, 0.6) is 5.75 Å². The van der Waals surface area contributed by atoms with Crippen molar-refractivity contribution in [1.82, 2.24) is 0 Å². The van der Waals surface area contributed by atoms with Crippen LogP contribution in [-0.4, -0.2) is 11.7 Å². The normalized spacial score (nSPS) is 11.6. The van der Waals surface area contributed by atoms with Gasteiger partial charge in [-0.05, 0) is 30.5 Å². The number of benzene rings is 1. The first-order chi connectivity index (χ1) is 7.40. The van der Waals surface area contributed by atoms with Crippen LogP contribution >= 0.6 is 15.9 Å². The highest BCUT2D eigenvalue weighted by Gasteiger charge is 2.31. The number of ether oxygens (including phenoxy) is 1. The number of aryl methyl sites for hydroxylation is 1. The topological polar surface area (TPSA) is 9.23 Å². The summed E-state index contributed by atoms with van der Waals surface area (Å²) in [5.74, 6) is -1.25. The van der Waals surface area contributed by atoms with Gasteiger partial charge in [0.1, 0.15) is 11.6 Å². The Morgan fingerprint density at radius 2 is 1.88 bits per heavy atom. The molecule has 0 amide bonds. The molecule has 0 spiro atoms. The van der Waals surface area contributed by atoms with E-state index in [-0.39, 0.29) is 0 Å². The first-order valence-corrected chi connectivity index (χ1v) is 5.64. The molecule has 0 atom stereocenters. The van der Waals surface area contributed by atoms with Gasteiger partial charge in [0.05, 0.1) is 0 Å². The third-order valence-corrected chi connectivity index (χ3v) is 2.32. The van der Waals surface area contributed by atoms with Crippen molar-refractivity contribution in [2.24, 2.45) is 0 Å². The fourth-order valence-electron chi connectivity index (χ4n) is 1.23. The predicted molar refractivity (Wildman–Crippen MR) is 55.2 cm³/mol. The van der Waals surface area contributed by atoms with Gasteiger partial charge in [-0.3, -0.25) is 0 Å². The average Bonchev–Trinajstić information content (AvgIpc) is 2.10. The fourth-order valence-corrected chi connectivity index (χ4v) is 1.51. The van der Waals surface area contributed by atoms with Crippen molar-refractivity contribution >= 4 is 15.9 Å². The molecule has 16 heavy (non-hydrogen) atoms. The lowest BCUT2D eigenvalue weighted by Crippen LogP contribution is -2.17. The summed E-state index contributed by atoms with van der Waals surface area (Å²) in [7, 11) is 0. The summed E-state index contributed by atoms with van der Waals surface area (Å²) in [5.41, 5.74) is 0.485. The largest absolute Gasteiger partial charge is 0.573 e. The number of hydrogen-bond acceptors (Lipinski definition) is 1. The zero-order valence-corrected chi connectivity index (χ0v) is 9.74. The molecule has 0 aromatic heterocycles. The Hall–Kier alpha value is -0.780. The van der Waals surface area contributed by atoms with E-state index in [2.05, 4.69) is 20.7 Å². The van der Waals surface area contributed by atoms with E-state index >= 15 is 0 Å². The lowest BCUT2D eigenvalue weighted by atomic mass is 10.1. The standard InChI is InChI=1S/C10H9BrF4O/c11-3-1-2-7-4-8(12)6-9(5-7)16-10(13,14)15/h4-6H,1-3H2. The van der Waals surface area contributed by atoms with Gasteiger partial charge >= 0.3 is 6.36 Å². The Morgan fingerprint density at radius 3 is 2.44 bits per heavy atom. The van der Waals surface area contributed by atoms with Crippen molar-refractivity contribution in [1.29, 1.82) is 0 Å². The maximum Gasteiger partial charge on any atom is 0.573 e. The van der Waals surface area contributed by atoms with Crippen molar-refractivity contribution in [3.63, 3.8) is 0 Å². The van der Waals surface area contributed by atoms with Crippen LogP contribution in [0.3, 0.4) is 0 Å². The van der Waals surface area contributed by atoms with Crippen LogP contribution in [0.1, 0.15) is 12.0 Å². The van der Waals surface area contributed by atoms with E-state index in [1.54, 1.807) is 0 Å². The predicted octanol–water partition coefficient (Wildman–Crippen LogP) is 4.05. The minimum Gasteiger partial charge on any atom is -0.406 e. The van der Waals surface area contributed by atoms with Gasteiger partial charge in [0, 0.05) is 11.4 Å². The van der Waals surface area contributed by atoms with E-state index in [0.29, 0.717) is 23.4 Å². The van der Waals surface area contributed by atoms with Crippen LogP contribution in [-0.2, 0) is 6.42 Å². The molecule has 0 fully saturated rings. The lowest BCUT2D eigenvalue weighted by Gasteiger charge is -2.10. The molecule has 0 radical (unpaired) electrons. The van der Waals surface area contributed by atoms with E-state index in [1.807, 2.05) is 0 Å². The summed E-state index contributed by atoms with van der Waals surface area (Å²) in [6.07, 6.45) is -3.58. The van der Waals surface area contributed by atoms with Crippen molar-refractivity contribution < 1.29 is 22.3 Å². The van der Waals surface area contributed by atoms with Crippen LogP contribution in [0.25, 0.3) is 0 Å². The lowest BCUT2D eigenvalue weighted by molar-refractivity contribution is -0.274. The minimum absolute atomic E-state index is 0.485. The fraction of sp³-hybridized carbons (Fsp3) is 0.400. The van der Waals surface area contributed by atoms with Crippen LogP contribution in [0, 0.1) is 5.82 Å². The smallest absolute Gasteiger partial charge is 0.406 e. The Kier molecular flexibility index (Phi) is 4.58. The van der Waals surface area contributed by atoms with Crippen molar-refractivity contribution in [3.05, 3.63) is 29.6 Å². The molecule has 1 aromatic carbocycles. The van der Waals surface area contributed by atoms with E-state index in [4.69, 9.17) is 0 Å². The molecule has 0 aliphatic rings. The summed E-state index contributed by atoms with van der Waals surface area (Å²) in [4.78, 5) is 0. The third kappa shape index (κ3) is 4.83. The number of alkyl halides is 4. The van der Waals surface area contributed by atoms with Crippen LogP contribution in [0.4, 0.5) is 17.6 Å². The molecular formula is C10H9BrF4O. The zero-order chi connectivity index (χ0) is 12.2. The highest BCUT2D eigenvalue weighted by molar-refractivity contribution is 9.09. The Balaban J connectivity index is 2.81. The average molecular weight is 301 g/mol. The first kappa shape index (κ1) is 13.3. The second kappa shape index (κ2) is 5.52. The maximum atomic E-state index is 13.0. The first-order valence-electron chi connectivity index (χ1n) is 4.52. The van der Waals surface area contributed by atoms with Gasteiger partial charge in [0.25, 0.3) is 0 Å². The number of hydrogen-bond donors (Lipinski definition) is 0. The van der Waals surface area contributed by atoms with Gasteiger partial charge in [-0.2, -0.15) is 0 Å². The van der Waals surface area contributed by atoms with Crippen molar-refractivity contribution in [2.75, 3.05) is 5.33 Å². The zero-order valence-electron chi connectivity index (χ0n) is 8.15. The molecule has 1 nitrogen and oxygen atoms in total.